The molecule has 2 aliphatic rings. The zero-order valence-electron chi connectivity index (χ0n) is 12.5. The van der Waals surface area contributed by atoms with Gasteiger partial charge in [0.1, 0.15) is 0 Å². The number of halogens is 2. The molecule has 2 fully saturated rings. The zero-order valence-corrected chi connectivity index (χ0v) is 14.1. The molecule has 0 aromatic rings. The molecule has 19 heavy (non-hydrogen) atoms. The van der Waals surface area contributed by atoms with Crippen LogP contribution in [0.25, 0.3) is 0 Å². The maximum absolute atomic E-state index is 2.68. The lowest BCUT2D eigenvalue weighted by Gasteiger charge is -2.31. The molecule has 0 aromatic heterocycles. The van der Waals surface area contributed by atoms with Gasteiger partial charge in [-0.2, -0.15) is 0 Å². The van der Waals surface area contributed by atoms with E-state index in [0.717, 1.165) is 5.92 Å². The van der Waals surface area contributed by atoms with Crippen LogP contribution in [0, 0.1) is 5.92 Å². The van der Waals surface area contributed by atoms with Crippen LogP contribution in [0.4, 0.5) is 0 Å². The highest BCUT2D eigenvalue weighted by atomic mass is 35.5. The fourth-order valence-corrected chi connectivity index (χ4v) is 3.26. The predicted molar refractivity (Wildman–Crippen MR) is 88.9 cm³/mol. The van der Waals surface area contributed by atoms with Crippen LogP contribution in [0.5, 0.6) is 0 Å². The van der Waals surface area contributed by atoms with Crippen LogP contribution in [0.3, 0.4) is 0 Å². The monoisotopic (exact) mass is 310 g/mol. The summed E-state index contributed by atoms with van der Waals surface area (Å²) in [4.78, 5) is 5.36. The maximum atomic E-state index is 2.68. The molecule has 0 spiro atoms. The molecular formula is C15H32Cl2N2. The second kappa shape index (κ2) is 11.2. The van der Waals surface area contributed by atoms with E-state index in [1.807, 2.05) is 0 Å². The predicted octanol–water partition coefficient (Wildman–Crippen LogP) is 3.83. The first-order chi connectivity index (χ1) is 8.34. The molecule has 1 atom stereocenters. The van der Waals surface area contributed by atoms with Gasteiger partial charge in [0, 0.05) is 6.54 Å². The van der Waals surface area contributed by atoms with E-state index in [1.165, 1.54) is 84.2 Å². The molecular weight excluding hydrogens is 279 g/mol. The van der Waals surface area contributed by atoms with E-state index in [-0.39, 0.29) is 24.8 Å². The Labute approximate surface area is 132 Å². The maximum Gasteiger partial charge on any atom is 0.000749 e. The summed E-state index contributed by atoms with van der Waals surface area (Å²) in [7, 11) is 0. The van der Waals surface area contributed by atoms with Crippen LogP contribution in [0.2, 0.25) is 0 Å². The van der Waals surface area contributed by atoms with Crippen LogP contribution < -0.4 is 0 Å². The fourth-order valence-electron chi connectivity index (χ4n) is 3.26. The molecule has 2 heterocycles. The van der Waals surface area contributed by atoms with Crippen molar-refractivity contribution in [1.82, 2.24) is 9.80 Å². The zero-order chi connectivity index (χ0) is 11.9. The van der Waals surface area contributed by atoms with E-state index < -0.39 is 0 Å². The molecule has 0 aliphatic carbocycles. The van der Waals surface area contributed by atoms with Crippen LogP contribution in [-0.2, 0) is 0 Å². The van der Waals surface area contributed by atoms with E-state index >= 15 is 0 Å². The smallest absolute Gasteiger partial charge is 0.000749 e. The first-order valence-electron chi connectivity index (χ1n) is 7.79. The van der Waals surface area contributed by atoms with E-state index in [1.54, 1.807) is 0 Å². The summed E-state index contributed by atoms with van der Waals surface area (Å²) in [6.45, 7) is 10.6. The third-order valence-corrected chi connectivity index (χ3v) is 4.41. The number of piperidine rings is 2. The minimum atomic E-state index is 0. The second-order valence-electron chi connectivity index (χ2n) is 6.16. The van der Waals surface area contributed by atoms with Gasteiger partial charge in [-0.05, 0) is 70.7 Å². The number of likely N-dealkylation sites (tertiary alicyclic amines) is 2. The topological polar surface area (TPSA) is 6.48 Å². The Morgan fingerprint density at radius 3 is 1.74 bits per heavy atom. The van der Waals surface area contributed by atoms with Crippen molar-refractivity contribution in [3.63, 3.8) is 0 Å². The molecule has 0 amide bonds. The van der Waals surface area contributed by atoms with E-state index in [0.29, 0.717) is 0 Å². The average Bonchev–Trinajstić information content (AvgIpc) is 2.39. The largest absolute Gasteiger partial charge is 0.303 e. The third kappa shape index (κ3) is 7.75. The van der Waals surface area contributed by atoms with Crippen LogP contribution >= 0.6 is 24.8 Å². The summed E-state index contributed by atoms with van der Waals surface area (Å²) in [5, 5.41) is 0. The van der Waals surface area contributed by atoms with Crippen molar-refractivity contribution in [2.24, 2.45) is 5.92 Å². The SMILES string of the molecule is CC(CCN1CCCCC1)CN1CCCCC1.Cl.Cl. The number of nitrogens with zero attached hydrogens (tertiary/aromatic N) is 2. The second-order valence-corrected chi connectivity index (χ2v) is 6.16. The lowest BCUT2D eigenvalue weighted by atomic mass is 10.0. The molecule has 1 unspecified atom stereocenters. The minimum Gasteiger partial charge on any atom is -0.303 e. The Morgan fingerprint density at radius 2 is 1.21 bits per heavy atom. The van der Waals surface area contributed by atoms with Crippen molar-refractivity contribution in [2.75, 3.05) is 39.3 Å². The van der Waals surface area contributed by atoms with Crippen molar-refractivity contribution in [3.8, 4) is 0 Å². The summed E-state index contributed by atoms with van der Waals surface area (Å²) < 4.78 is 0. The summed E-state index contributed by atoms with van der Waals surface area (Å²) >= 11 is 0. The lowest BCUT2D eigenvalue weighted by molar-refractivity contribution is 0.174. The Morgan fingerprint density at radius 1 is 0.737 bits per heavy atom. The number of rotatable bonds is 5. The molecule has 0 aromatic carbocycles. The highest BCUT2D eigenvalue weighted by Crippen LogP contribution is 2.15. The molecule has 2 aliphatic heterocycles. The molecule has 4 heteroatoms. The van der Waals surface area contributed by atoms with E-state index in [9.17, 15) is 0 Å². The van der Waals surface area contributed by atoms with Crippen molar-refractivity contribution in [2.45, 2.75) is 51.9 Å². The van der Waals surface area contributed by atoms with Gasteiger partial charge in [0.25, 0.3) is 0 Å². The van der Waals surface area contributed by atoms with Crippen molar-refractivity contribution in [1.29, 1.82) is 0 Å². The van der Waals surface area contributed by atoms with E-state index in [2.05, 4.69) is 16.7 Å². The van der Waals surface area contributed by atoms with Crippen molar-refractivity contribution >= 4 is 24.8 Å². The van der Waals surface area contributed by atoms with Crippen LogP contribution in [0.15, 0.2) is 0 Å². The van der Waals surface area contributed by atoms with Gasteiger partial charge in [0.05, 0.1) is 0 Å². The molecule has 0 radical (unpaired) electrons. The average molecular weight is 311 g/mol. The summed E-state index contributed by atoms with van der Waals surface area (Å²) in [5.41, 5.74) is 0. The molecule has 0 saturated carbocycles. The van der Waals surface area contributed by atoms with Gasteiger partial charge in [-0.15, -0.1) is 24.8 Å². The molecule has 2 rings (SSSR count). The summed E-state index contributed by atoms with van der Waals surface area (Å²) in [5.74, 6) is 0.884. The minimum absolute atomic E-state index is 0. The summed E-state index contributed by atoms with van der Waals surface area (Å²) in [6, 6.07) is 0. The van der Waals surface area contributed by atoms with Gasteiger partial charge in [0.15, 0.2) is 0 Å². The molecule has 2 nitrogen and oxygen atoms in total. The van der Waals surface area contributed by atoms with Gasteiger partial charge in [-0.25, -0.2) is 0 Å². The van der Waals surface area contributed by atoms with Gasteiger partial charge in [-0.3, -0.25) is 0 Å². The normalized spacial score (nSPS) is 23.2. The third-order valence-electron chi connectivity index (χ3n) is 4.41. The van der Waals surface area contributed by atoms with Crippen LogP contribution in [0.1, 0.15) is 51.9 Å². The van der Waals surface area contributed by atoms with Crippen molar-refractivity contribution < 1.29 is 0 Å². The Bertz CT molecular complexity index is 202. The molecule has 2 saturated heterocycles. The molecule has 0 bridgehead atoms. The first kappa shape index (κ1) is 19.5. The van der Waals surface area contributed by atoms with Gasteiger partial charge in [-0.1, -0.05) is 19.8 Å². The lowest BCUT2D eigenvalue weighted by Crippen LogP contribution is -2.36. The van der Waals surface area contributed by atoms with Crippen LogP contribution in [-0.4, -0.2) is 49.1 Å². The standard InChI is InChI=1S/C15H30N2.2ClH/c1-15(14-17-11-6-3-7-12-17)8-13-16-9-4-2-5-10-16;;/h15H,2-14H2,1H3;2*1H. The Balaban J connectivity index is 0.00000162. The highest BCUT2D eigenvalue weighted by Gasteiger charge is 2.15. The first-order valence-corrected chi connectivity index (χ1v) is 7.79. The van der Waals surface area contributed by atoms with Gasteiger partial charge < -0.3 is 9.80 Å². The molecule has 116 valence electrons. The fraction of sp³-hybridized carbons (Fsp3) is 1.00. The molecule has 0 N–H and O–H groups in total. The number of hydrogen-bond donors (Lipinski definition) is 0. The number of hydrogen-bond acceptors (Lipinski definition) is 2. The van der Waals surface area contributed by atoms with Crippen molar-refractivity contribution in [3.05, 3.63) is 0 Å². The van der Waals surface area contributed by atoms with Gasteiger partial charge >= 0.3 is 0 Å². The Hall–Kier alpha value is 0.500. The quantitative estimate of drug-likeness (QED) is 0.761. The van der Waals surface area contributed by atoms with E-state index in [4.69, 9.17) is 0 Å². The van der Waals surface area contributed by atoms with Gasteiger partial charge in [0.2, 0.25) is 0 Å². The Kier molecular flexibility index (Phi) is 11.5. The summed E-state index contributed by atoms with van der Waals surface area (Å²) in [6.07, 6.45) is 10.0. The highest BCUT2D eigenvalue weighted by molar-refractivity contribution is 5.85.